The van der Waals surface area contributed by atoms with E-state index >= 15 is 0 Å². The van der Waals surface area contributed by atoms with Crippen LogP contribution in [0.5, 0.6) is 0 Å². The van der Waals surface area contributed by atoms with Crippen molar-refractivity contribution in [3.8, 4) is 0 Å². The van der Waals surface area contributed by atoms with Crippen LogP contribution in [0.1, 0.15) is 56.1 Å². The topological polar surface area (TPSA) is 63.0 Å². The molecule has 0 aromatic carbocycles. The van der Waals surface area contributed by atoms with Gasteiger partial charge in [0.25, 0.3) is 0 Å². The van der Waals surface area contributed by atoms with Crippen LogP contribution in [0.25, 0.3) is 0 Å². The molecule has 0 bridgehead atoms. The Labute approximate surface area is 149 Å². The van der Waals surface area contributed by atoms with E-state index in [4.69, 9.17) is 4.98 Å². The Morgan fingerprint density at radius 1 is 1.40 bits per heavy atom. The number of aryl methyl sites for hydroxylation is 1. The predicted molar refractivity (Wildman–Crippen MR) is 96.7 cm³/mol. The molecule has 1 atom stereocenters. The lowest BCUT2D eigenvalue weighted by Crippen LogP contribution is -2.24. The van der Waals surface area contributed by atoms with Crippen LogP contribution in [0.3, 0.4) is 0 Å². The molecular weight excluding hydrogens is 314 g/mol. The van der Waals surface area contributed by atoms with Gasteiger partial charge in [-0.2, -0.15) is 5.10 Å². The normalized spacial score (nSPS) is 17.8. The number of aromatic nitrogens is 3. The number of pyridine rings is 1. The van der Waals surface area contributed by atoms with Gasteiger partial charge >= 0.3 is 0 Å². The number of carbonyl (C=O) groups excluding carboxylic acids is 1. The van der Waals surface area contributed by atoms with Crippen LogP contribution in [0.2, 0.25) is 0 Å². The fourth-order valence-electron chi connectivity index (χ4n) is 3.42. The lowest BCUT2D eigenvalue weighted by molar-refractivity contribution is -0.119. The number of nitrogens with zero attached hydrogens (tertiary/aromatic N) is 4. The summed E-state index contributed by atoms with van der Waals surface area (Å²) in [6.45, 7) is 7.14. The van der Waals surface area contributed by atoms with Gasteiger partial charge in [0.05, 0.1) is 30.2 Å². The molecule has 0 spiro atoms. The van der Waals surface area contributed by atoms with Crippen LogP contribution in [0.15, 0.2) is 30.6 Å². The third-order valence-corrected chi connectivity index (χ3v) is 4.58. The van der Waals surface area contributed by atoms with Crippen molar-refractivity contribution < 1.29 is 4.79 Å². The number of amides is 1. The molecule has 0 saturated carbocycles. The van der Waals surface area contributed by atoms with Crippen LogP contribution < -0.4 is 5.32 Å². The molecule has 134 valence electrons. The van der Waals surface area contributed by atoms with Crippen molar-refractivity contribution in [3.63, 3.8) is 0 Å². The summed E-state index contributed by atoms with van der Waals surface area (Å²) in [7, 11) is 0. The van der Waals surface area contributed by atoms with Crippen molar-refractivity contribution in [3.05, 3.63) is 47.5 Å². The molecule has 3 rings (SSSR count). The largest absolute Gasteiger partial charge is 0.351 e. The van der Waals surface area contributed by atoms with Crippen molar-refractivity contribution in [2.24, 2.45) is 0 Å². The molecule has 1 aliphatic rings. The molecule has 0 aliphatic carbocycles. The van der Waals surface area contributed by atoms with E-state index < -0.39 is 0 Å². The first-order valence-electron chi connectivity index (χ1n) is 9.11. The third kappa shape index (κ3) is 4.66. The van der Waals surface area contributed by atoms with E-state index in [1.807, 2.05) is 23.0 Å². The van der Waals surface area contributed by atoms with Crippen molar-refractivity contribution in [2.45, 2.75) is 58.8 Å². The van der Waals surface area contributed by atoms with E-state index in [0.717, 1.165) is 43.9 Å². The number of hydrogen-bond donors (Lipinski definition) is 1. The molecular formula is C19H27N5O. The standard InChI is InChI=1S/C19H27N5O/c1-3-9-24-14-16(11-21-24)13-23-10-5-8-19(23)18-7-4-6-17(22-18)12-20-15(2)25/h4,6-7,11,14,19H,3,5,8-10,12-13H2,1-2H3,(H,20,25)/t19-/m0/s1. The first-order chi connectivity index (χ1) is 12.2. The summed E-state index contributed by atoms with van der Waals surface area (Å²) < 4.78 is 2.02. The Morgan fingerprint density at radius 3 is 3.08 bits per heavy atom. The van der Waals surface area contributed by atoms with Crippen molar-refractivity contribution >= 4 is 5.91 Å². The van der Waals surface area contributed by atoms with Crippen LogP contribution in [-0.4, -0.2) is 32.1 Å². The van der Waals surface area contributed by atoms with Gasteiger partial charge in [-0.05, 0) is 37.9 Å². The van der Waals surface area contributed by atoms with Gasteiger partial charge in [-0.1, -0.05) is 13.0 Å². The van der Waals surface area contributed by atoms with E-state index in [1.165, 1.54) is 18.9 Å². The Balaban J connectivity index is 1.68. The van der Waals surface area contributed by atoms with Gasteiger partial charge in [-0.25, -0.2) is 0 Å². The van der Waals surface area contributed by atoms with Crippen molar-refractivity contribution in [2.75, 3.05) is 6.54 Å². The minimum Gasteiger partial charge on any atom is -0.351 e. The van der Waals surface area contributed by atoms with Crippen LogP contribution in [0.4, 0.5) is 0 Å². The number of rotatable bonds is 7. The van der Waals surface area contributed by atoms with E-state index in [1.54, 1.807) is 0 Å². The number of hydrogen-bond acceptors (Lipinski definition) is 4. The molecule has 1 N–H and O–H groups in total. The zero-order valence-electron chi connectivity index (χ0n) is 15.1. The second kappa shape index (κ2) is 8.25. The Morgan fingerprint density at radius 2 is 2.28 bits per heavy atom. The Kier molecular flexibility index (Phi) is 5.81. The molecule has 6 nitrogen and oxygen atoms in total. The fourth-order valence-corrected chi connectivity index (χ4v) is 3.42. The summed E-state index contributed by atoms with van der Waals surface area (Å²) in [6.07, 6.45) is 7.54. The minimum absolute atomic E-state index is 0.0289. The molecule has 1 aliphatic heterocycles. The average molecular weight is 341 g/mol. The molecule has 2 aromatic heterocycles. The zero-order valence-corrected chi connectivity index (χ0v) is 15.1. The summed E-state index contributed by atoms with van der Waals surface area (Å²) in [5.74, 6) is -0.0289. The minimum atomic E-state index is -0.0289. The second-order valence-corrected chi connectivity index (χ2v) is 6.70. The molecule has 0 radical (unpaired) electrons. The van der Waals surface area contributed by atoms with Gasteiger partial charge in [-0.3, -0.25) is 19.4 Å². The maximum absolute atomic E-state index is 11.1. The first-order valence-corrected chi connectivity index (χ1v) is 9.11. The van der Waals surface area contributed by atoms with E-state index in [2.05, 4.69) is 34.5 Å². The van der Waals surface area contributed by atoms with Gasteiger partial charge in [-0.15, -0.1) is 0 Å². The predicted octanol–water partition coefficient (Wildman–Crippen LogP) is 2.66. The highest BCUT2D eigenvalue weighted by Gasteiger charge is 2.27. The number of likely N-dealkylation sites (tertiary alicyclic amines) is 1. The van der Waals surface area contributed by atoms with E-state index in [9.17, 15) is 4.79 Å². The highest BCUT2D eigenvalue weighted by Crippen LogP contribution is 2.32. The SMILES string of the molecule is CCCn1cc(CN2CCC[C@H]2c2cccc(CNC(C)=O)n2)cn1. The van der Waals surface area contributed by atoms with Gasteiger partial charge in [0.15, 0.2) is 0 Å². The highest BCUT2D eigenvalue weighted by atomic mass is 16.1. The first kappa shape index (κ1) is 17.6. The van der Waals surface area contributed by atoms with Crippen LogP contribution in [0, 0.1) is 0 Å². The molecule has 3 heterocycles. The number of carbonyl (C=O) groups is 1. The molecule has 0 unspecified atom stereocenters. The summed E-state index contributed by atoms with van der Waals surface area (Å²) in [4.78, 5) is 18.4. The zero-order chi connectivity index (χ0) is 17.6. The summed E-state index contributed by atoms with van der Waals surface area (Å²) in [5.41, 5.74) is 3.27. The monoisotopic (exact) mass is 341 g/mol. The molecule has 1 saturated heterocycles. The molecule has 25 heavy (non-hydrogen) atoms. The van der Waals surface area contributed by atoms with Gasteiger partial charge in [0, 0.05) is 31.8 Å². The smallest absolute Gasteiger partial charge is 0.217 e. The van der Waals surface area contributed by atoms with E-state index in [0.29, 0.717) is 12.6 Å². The lowest BCUT2D eigenvalue weighted by Gasteiger charge is -2.23. The Bertz CT molecular complexity index is 711. The fraction of sp³-hybridized carbons (Fsp3) is 0.526. The molecule has 1 amide bonds. The summed E-state index contributed by atoms with van der Waals surface area (Å²) >= 11 is 0. The van der Waals surface area contributed by atoms with Gasteiger partial charge in [0.1, 0.15) is 0 Å². The van der Waals surface area contributed by atoms with Crippen molar-refractivity contribution in [1.82, 2.24) is 25.0 Å². The van der Waals surface area contributed by atoms with Crippen molar-refractivity contribution in [1.29, 1.82) is 0 Å². The van der Waals surface area contributed by atoms with Gasteiger partial charge in [0.2, 0.25) is 5.91 Å². The lowest BCUT2D eigenvalue weighted by atomic mass is 10.1. The summed E-state index contributed by atoms with van der Waals surface area (Å²) in [5, 5.41) is 7.25. The maximum Gasteiger partial charge on any atom is 0.217 e. The Hall–Kier alpha value is -2.21. The molecule has 6 heteroatoms. The van der Waals surface area contributed by atoms with E-state index in [-0.39, 0.29) is 5.91 Å². The highest BCUT2D eigenvalue weighted by molar-refractivity contribution is 5.72. The summed E-state index contributed by atoms with van der Waals surface area (Å²) in [6, 6.07) is 6.44. The number of nitrogens with one attached hydrogen (secondary N) is 1. The van der Waals surface area contributed by atoms with Crippen LogP contribution in [-0.2, 0) is 24.4 Å². The maximum atomic E-state index is 11.1. The van der Waals surface area contributed by atoms with Gasteiger partial charge < -0.3 is 5.32 Å². The average Bonchev–Trinajstić information content (AvgIpc) is 3.24. The molecule has 1 fully saturated rings. The van der Waals surface area contributed by atoms with Crippen LogP contribution >= 0.6 is 0 Å². The second-order valence-electron chi connectivity index (χ2n) is 6.70. The molecule has 2 aromatic rings. The quantitative estimate of drug-likeness (QED) is 0.841. The third-order valence-electron chi connectivity index (χ3n) is 4.58.